The van der Waals surface area contributed by atoms with Gasteiger partial charge in [-0.3, -0.25) is 4.90 Å². The third-order valence-corrected chi connectivity index (χ3v) is 2.68. The van der Waals surface area contributed by atoms with E-state index in [1.54, 1.807) is 0 Å². The Hall–Kier alpha value is -0.520. The van der Waals surface area contributed by atoms with Gasteiger partial charge in [-0.2, -0.15) is 0 Å². The van der Waals surface area contributed by atoms with Gasteiger partial charge < -0.3 is 5.73 Å². The van der Waals surface area contributed by atoms with Gasteiger partial charge in [0.25, 0.3) is 0 Å². The van der Waals surface area contributed by atoms with E-state index in [9.17, 15) is 0 Å². The summed E-state index contributed by atoms with van der Waals surface area (Å²) in [5, 5.41) is 0. The Kier molecular flexibility index (Phi) is 5.00. The van der Waals surface area contributed by atoms with Crippen LogP contribution in [0.3, 0.4) is 0 Å². The van der Waals surface area contributed by atoms with Gasteiger partial charge in [0.2, 0.25) is 0 Å². The van der Waals surface area contributed by atoms with Crippen LogP contribution in [0.15, 0.2) is 0 Å². The summed E-state index contributed by atoms with van der Waals surface area (Å²) in [4.78, 5) is 2.33. The third-order valence-electron chi connectivity index (χ3n) is 2.68. The van der Waals surface area contributed by atoms with Crippen molar-refractivity contribution in [2.45, 2.75) is 38.6 Å². The smallest absolute Gasteiger partial charge is 0.0599 e. The summed E-state index contributed by atoms with van der Waals surface area (Å²) in [5.41, 5.74) is 6.00. The molecule has 0 aromatic heterocycles. The van der Waals surface area contributed by atoms with E-state index < -0.39 is 0 Å². The summed E-state index contributed by atoms with van der Waals surface area (Å²) >= 11 is 0. The highest BCUT2D eigenvalue weighted by Gasteiger charge is 2.24. The Balaban J connectivity index is 2.22. The molecule has 14 heavy (non-hydrogen) atoms. The largest absolute Gasteiger partial charge is 0.327 e. The topological polar surface area (TPSA) is 29.3 Å². The number of terminal acetylenes is 1. The van der Waals surface area contributed by atoms with E-state index in [1.807, 2.05) is 0 Å². The summed E-state index contributed by atoms with van der Waals surface area (Å²) in [6.07, 6.45) is 10.4. The van der Waals surface area contributed by atoms with Crippen molar-refractivity contribution in [3.05, 3.63) is 0 Å². The molecule has 1 aliphatic carbocycles. The molecule has 2 nitrogen and oxygen atoms in total. The maximum atomic E-state index is 6.00. The molecule has 1 aliphatic rings. The molecule has 0 aromatic carbocycles. The molecule has 0 aliphatic heterocycles. The molecule has 2 N–H and O–H groups in total. The van der Waals surface area contributed by atoms with E-state index in [2.05, 4.69) is 17.7 Å². The van der Waals surface area contributed by atoms with Crippen LogP contribution in [-0.4, -0.2) is 30.6 Å². The molecule has 1 rings (SSSR count). The molecule has 0 heterocycles. The summed E-state index contributed by atoms with van der Waals surface area (Å²) in [5.74, 6) is 3.62. The zero-order chi connectivity index (χ0) is 10.4. The average Bonchev–Trinajstić information content (AvgIpc) is 2.89. The van der Waals surface area contributed by atoms with Crippen LogP contribution in [0.5, 0.6) is 0 Å². The lowest BCUT2D eigenvalue weighted by atomic mass is 10.1. The Bertz CT molecular complexity index is 191. The first-order valence-electron chi connectivity index (χ1n) is 5.67. The van der Waals surface area contributed by atoms with Gasteiger partial charge in [0.05, 0.1) is 6.54 Å². The minimum absolute atomic E-state index is 0.298. The third kappa shape index (κ3) is 4.64. The SMILES string of the molecule is C#CCN(CC(N)CCC)CC1CC1. The van der Waals surface area contributed by atoms with E-state index in [1.165, 1.54) is 12.8 Å². The maximum Gasteiger partial charge on any atom is 0.0599 e. The van der Waals surface area contributed by atoms with Gasteiger partial charge in [-0.25, -0.2) is 0 Å². The number of hydrogen-bond donors (Lipinski definition) is 1. The van der Waals surface area contributed by atoms with Crippen molar-refractivity contribution in [2.24, 2.45) is 11.7 Å². The second-order valence-corrected chi connectivity index (χ2v) is 4.39. The van der Waals surface area contributed by atoms with E-state index in [0.717, 1.165) is 38.4 Å². The lowest BCUT2D eigenvalue weighted by Crippen LogP contribution is -2.38. The quantitative estimate of drug-likeness (QED) is 0.622. The molecule has 0 saturated heterocycles. The first-order chi connectivity index (χ1) is 6.76. The van der Waals surface area contributed by atoms with Crippen LogP contribution in [0.25, 0.3) is 0 Å². The second kappa shape index (κ2) is 6.06. The molecule has 1 unspecified atom stereocenters. The van der Waals surface area contributed by atoms with Gasteiger partial charge in [0.1, 0.15) is 0 Å². The molecule has 0 radical (unpaired) electrons. The number of hydrogen-bond acceptors (Lipinski definition) is 2. The number of nitrogens with two attached hydrogens (primary N) is 1. The molecule has 0 amide bonds. The standard InChI is InChI=1S/C12H22N2/c1-3-5-12(13)10-14(8-4-2)9-11-6-7-11/h2,11-12H,3,5-10,13H2,1H3. The lowest BCUT2D eigenvalue weighted by molar-refractivity contribution is 0.270. The van der Waals surface area contributed by atoms with Gasteiger partial charge in [-0.05, 0) is 25.2 Å². The van der Waals surface area contributed by atoms with Crippen molar-refractivity contribution in [3.63, 3.8) is 0 Å². The van der Waals surface area contributed by atoms with Crippen LogP contribution in [0.4, 0.5) is 0 Å². The fraction of sp³-hybridized carbons (Fsp3) is 0.833. The van der Waals surface area contributed by atoms with Gasteiger partial charge in [-0.1, -0.05) is 19.3 Å². The summed E-state index contributed by atoms with van der Waals surface area (Å²) < 4.78 is 0. The zero-order valence-corrected chi connectivity index (χ0v) is 9.21. The monoisotopic (exact) mass is 194 g/mol. The van der Waals surface area contributed by atoms with E-state index in [0.29, 0.717) is 6.04 Å². The van der Waals surface area contributed by atoms with Crippen molar-refractivity contribution in [2.75, 3.05) is 19.6 Å². The second-order valence-electron chi connectivity index (χ2n) is 4.39. The molecule has 0 aromatic rings. The van der Waals surface area contributed by atoms with Crippen molar-refractivity contribution in [3.8, 4) is 12.3 Å². The predicted octanol–water partition coefficient (Wildman–Crippen LogP) is 1.46. The predicted molar refractivity (Wildman–Crippen MR) is 60.9 cm³/mol. The molecule has 2 heteroatoms. The fourth-order valence-corrected chi connectivity index (χ4v) is 1.79. The molecule has 1 fully saturated rings. The Labute approximate surface area is 87.8 Å². The highest BCUT2D eigenvalue weighted by atomic mass is 15.1. The fourth-order valence-electron chi connectivity index (χ4n) is 1.79. The van der Waals surface area contributed by atoms with Gasteiger partial charge >= 0.3 is 0 Å². The van der Waals surface area contributed by atoms with Crippen LogP contribution >= 0.6 is 0 Å². The van der Waals surface area contributed by atoms with Crippen molar-refractivity contribution < 1.29 is 0 Å². The maximum absolute atomic E-state index is 6.00. The Morgan fingerprint density at radius 3 is 2.79 bits per heavy atom. The van der Waals surface area contributed by atoms with Crippen LogP contribution in [0, 0.1) is 18.3 Å². The van der Waals surface area contributed by atoms with Gasteiger partial charge in [-0.15, -0.1) is 6.42 Å². The normalized spacial score (nSPS) is 18.1. The summed E-state index contributed by atoms with van der Waals surface area (Å²) in [7, 11) is 0. The molecule has 0 bridgehead atoms. The highest BCUT2D eigenvalue weighted by molar-refractivity contribution is 4.91. The molecule has 0 spiro atoms. The molecule has 1 saturated carbocycles. The summed E-state index contributed by atoms with van der Waals surface area (Å²) in [6.45, 7) is 5.05. The van der Waals surface area contributed by atoms with Gasteiger partial charge in [0, 0.05) is 19.1 Å². The minimum Gasteiger partial charge on any atom is -0.327 e. The van der Waals surface area contributed by atoms with E-state index in [-0.39, 0.29) is 0 Å². The first kappa shape index (κ1) is 11.6. The average molecular weight is 194 g/mol. The molecular formula is C12H22N2. The Morgan fingerprint density at radius 1 is 1.57 bits per heavy atom. The lowest BCUT2D eigenvalue weighted by Gasteiger charge is -2.23. The zero-order valence-electron chi connectivity index (χ0n) is 9.21. The van der Waals surface area contributed by atoms with Crippen LogP contribution in [0.2, 0.25) is 0 Å². The number of rotatable bonds is 7. The molecular weight excluding hydrogens is 172 g/mol. The minimum atomic E-state index is 0.298. The van der Waals surface area contributed by atoms with Crippen molar-refractivity contribution in [1.82, 2.24) is 4.90 Å². The van der Waals surface area contributed by atoms with Crippen molar-refractivity contribution >= 4 is 0 Å². The van der Waals surface area contributed by atoms with Crippen LogP contribution in [-0.2, 0) is 0 Å². The summed E-state index contributed by atoms with van der Waals surface area (Å²) in [6, 6.07) is 0.298. The van der Waals surface area contributed by atoms with Gasteiger partial charge in [0.15, 0.2) is 0 Å². The Morgan fingerprint density at radius 2 is 2.29 bits per heavy atom. The first-order valence-corrected chi connectivity index (χ1v) is 5.67. The number of nitrogens with zero attached hydrogens (tertiary/aromatic N) is 1. The van der Waals surface area contributed by atoms with Crippen molar-refractivity contribution in [1.29, 1.82) is 0 Å². The highest BCUT2D eigenvalue weighted by Crippen LogP contribution is 2.29. The van der Waals surface area contributed by atoms with Crippen LogP contribution < -0.4 is 5.73 Å². The molecule has 80 valence electrons. The van der Waals surface area contributed by atoms with E-state index >= 15 is 0 Å². The van der Waals surface area contributed by atoms with E-state index in [4.69, 9.17) is 12.2 Å². The van der Waals surface area contributed by atoms with Crippen LogP contribution in [0.1, 0.15) is 32.6 Å². The molecule has 1 atom stereocenters.